The Hall–Kier alpha value is -0.480. The summed E-state index contributed by atoms with van der Waals surface area (Å²) in [6.45, 7) is -0.778. The molecule has 3 nitrogen and oxygen atoms in total. The number of aliphatic carboxylic acids is 1. The number of aliphatic hydroxyl groups is 1. The zero-order chi connectivity index (χ0) is 11.1. The summed E-state index contributed by atoms with van der Waals surface area (Å²) in [7, 11) is 0. The van der Waals surface area contributed by atoms with Gasteiger partial charge in [0.15, 0.2) is 0 Å². The molecule has 1 aromatic carbocycles. The largest absolute Gasteiger partial charge is 0.480 e. The van der Waals surface area contributed by atoms with Gasteiger partial charge in [-0.2, -0.15) is 0 Å². The van der Waals surface area contributed by atoms with Gasteiger partial charge in [-0.1, -0.05) is 40.9 Å². The predicted molar refractivity (Wildman–Crippen MR) is 56.2 cm³/mol. The van der Waals surface area contributed by atoms with Crippen LogP contribution in [-0.4, -0.2) is 22.8 Å². The van der Waals surface area contributed by atoms with Gasteiger partial charge >= 0.3 is 5.97 Å². The molecule has 0 atom stereocenters. The second-order valence-corrected chi connectivity index (χ2v) is 3.28. The molecule has 0 aliphatic rings. The fourth-order valence-electron chi connectivity index (χ4n) is 0.477. The van der Waals surface area contributed by atoms with Crippen molar-refractivity contribution in [2.45, 2.75) is 0 Å². The number of benzene rings is 1. The van der Waals surface area contributed by atoms with Gasteiger partial charge < -0.3 is 10.2 Å². The first-order valence-corrected chi connectivity index (χ1v) is 4.54. The quantitative estimate of drug-likeness (QED) is 0.761. The minimum Gasteiger partial charge on any atom is -0.480 e. The molecule has 1 rings (SSSR count). The van der Waals surface area contributed by atoms with Crippen molar-refractivity contribution in [3.8, 4) is 0 Å². The second-order valence-electron chi connectivity index (χ2n) is 2.09. The van der Waals surface area contributed by atoms with Crippen molar-refractivity contribution in [1.82, 2.24) is 0 Å². The highest BCUT2D eigenvalue weighted by Gasteiger charge is 1.98. The maximum atomic E-state index is 9.12. The van der Waals surface area contributed by atoms with Crippen LogP contribution in [0.2, 0.25) is 15.1 Å². The minimum atomic E-state index is -1.19. The first kappa shape index (κ1) is 13.5. The van der Waals surface area contributed by atoms with E-state index < -0.39 is 12.6 Å². The number of aliphatic hydroxyl groups excluding tert-OH is 1. The van der Waals surface area contributed by atoms with E-state index >= 15 is 0 Å². The van der Waals surface area contributed by atoms with Crippen molar-refractivity contribution in [2.75, 3.05) is 6.61 Å². The van der Waals surface area contributed by atoms with E-state index in [-0.39, 0.29) is 0 Å². The lowest BCUT2D eigenvalue weighted by molar-refractivity contribution is -0.140. The summed E-state index contributed by atoms with van der Waals surface area (Å²) in [6, 6.07) is 5.13. The second kappa shape index (κ2) is 6.90. The molecule has 0 unspecified atom stereocenters. The molecule has 0 saturated carbocycles. The molecule has 0 saturated heterocycles. The van der Waals surface area contributed by atoms with Crippen LogP contribution in [0.5, 0.6) is 0 Å². The van der Waals surface area contributed by atoms with Gasteiger partial charge in [-0.25, -0.2) is 4.79 Å². The van der Waals surface area contributed by atoms with E-state index in [2.05, 4.69) is 0 Å². The Kier molecular flexibility index (Phi) is 6.66. The maximum Gasteiger partial charge on any atom is 0.329 e. The molecule has 0 aliphatic carbocycles. The Morgan fingerprint density at radius 3 is 1.79 bits per heavy atom. The lowest BCUT2D eigenvalue weighted by Gasteiger charge is -1.94. The summed E-state index contributed by atoms with van der Waals surface area (Å²) in [6.07, 6.45) is 0. The summed E-state index contributed by atoms with van der Waals surface area (Å²) >= 11 is 16.8. The first-order valence-electron chi connectivity index (χ1n) is 3.41. The van der Waals surface area contributed by atoms with Crippen LogP contribution < -0.4 is 0 Å². The zero-order valence-electron chi connectivity index (χ0n) is 6.88. The third-order valence-electron chi connectivity index (χ3n) is 1.04. The Balaban J connectivity index is 0.000000292. The van der Waals surface area contributed by atoms with Crippen LogP contribution >= 0.6 is 34.8 Å². The van der Waals surface area contributed by atoms with Gasteiger partial charge in [0.2, 0.25) is 0 Å². The fraction of sp³-hybridized carbons (Fsp3) is 0.125. The van der Waals surface area contributed by atoms with E-state index in [0.717, 1.165) is 0 Å². The smallest absolute Gasteiger partial charge is 0.329 e. The van der Waals surface area contributed by atoms with E-state index in [4.69, 9.17) is 49.8 Å². The molecule has 0 aromatic heterocycles. The molecule has 0 radical (unpaired) electrons. The molecule has 1 aromatic rings. The number of carbonyl (C=O) groups is 1. The molecule has 14 heavy (non-hydrogen) atoms. The number of hydrogen-bond donors (Lipinski definition) is 2. The van der Waals surface area contributed by atoms with Gasteiger partial charge in [0, 0.05) is 0 Å². The Morgan fingerprint density at radius 2 is 1.57 bits per heavy atom. The summed E-state index contributed by atoms with van der Waals surface area (Å²) < 4.78 is 0. The molecule has 0 aliphatic heterocycles. The van der Waals surface area contributed by atoms with E-state index in [9.17, 15) is 0 Å². The SMILES string of the molecule is Clc1cccc(Cl)c1Cl.O=C(O)CO. The summed E-state index contributed by atoms with van der Waals surface area (Å²) in [5, 5.41) is 16.4. The highest BCUT2D eigenvalue weighted by Crippen LogP contribution is 2.28. The standard InChI is InChI=1S/C6H3Cl3.C2H4O3/c7-4-2-1-3-5(8)6(4)9;3-1-2(4)5/h1-3H;3H,1H2,(H,4,5). The van der Waals surface area contributed by atoms with Crippen molar-refractivity contribution in [3.63, 3.8) is 0 Å². The van der Waals surface area contributed by atoms with E-state index in [1.165, 1.54) is 0 Å². The molecule has 2 N–H and O–H groups in total. The third-order valence-corrected chi connectivity index (χ3v) is 2.27. The molecule has 0 heterocycles. The highest BCUT2D eigenvalue weighted by molar-refractivity contribution is 6.47. The topological polar surface area (TPSA) is 57.5 Å². The number of carboxylic acids is 1. The van der Waals surface area contributed by atoms with Gasteiger partial charge in [0.1, 0.15) is 6.61 Å². The summed E-state index contributed by atoms with van der Waals surface area (Å²) in [5.41, 5.74) is 0. The molecule has 0 spiro atoms. The predicted octanol–water partition coefficient (Wildman–Crippen LogP) is 2.71. The van der Waals surface area contributed by atoms with Crippen molar-refractivity contribution in [2.24, 2.45) is 0 Å². The Labute approximate surface area is 95.8 Å². The molecular formula is C8H7Cl3O3. The van der Waals surface area contributed by atoms with E-state index in [1.54, 1.807) is 18.2 Å². The molecule has 78 valence electrons. The number of halogens is 3. The fourth-order valence-corrected chi connectivity index (χ4v) is 1.00. The lowest BCUT2D eigenvalue weighted by atomic mass is 10.4. The normalized spacial score (nSPS) is 8.86. The van der Waals surface area contributed by atoms with Crippen LogP contribution in [0.1, 0.15) is 0 Å². The van der Waals surface area contributed by atoms with Crippen molar-refractivity contribution in [3.05, 3.63) is 33.3 Å². The van der Waals surface area contributed by atoms with Crippen LogP contribution in [0.4, 0.5) is 0 Å². The van der Waals surface area contributed by atoms with Crippen LogP contribution in [0.25, 0.3) is 0 Å². The third kappa shape index (κ3) is 5.29. The van der Waals surface area contributed by atoms with Crippen molar-refractivity contribution >= 4 is 40.8 Å². The monoisotopic (exact) mass is 256 g/mol. The first-order chi connectivity index (χ1) is 6.49. The Morgan fingerprint density at radius 1 is 1.21 bits per heavy atom. The van der Waals surface area contributed by atoms with Gasteiger partial charge in [0.25, 0.3) is 0 Å². The van der Waals surface area contributed by atoms with Crippen molar-refractivity contribution < 1.29 is 15.0 Å². The van der Waals surface area contributed by atoms with Gasteiger partial charge in [-0.15, -0.1) is 0 Å². The molecule has 6 heteroatoms. The maximum absolute atomic E-state index is 9.12. The van der Waals surface area contributed by atoms with Crippen LogP contribution in [0.3, 0.4) is 0 Å². The van der Waals surface area contributed by atoms with Gasteiger partial charge in [0.05, 0.1) is 15.1 Å². The minimum absolute atomic E-state index is 0.417. The average molecular weight is 257 g/mol. The number of hydrogen-bond acceptors (Lipinski definition) is 2. The van der Waals surface area contributed by atoms with E-state index in [1.807, 2.05) is 0 Å². The van der Waals surface area contributed by atoms with Gasteiger partial charge in [-0.3, -0.25) is 0 Å². The average Bonchev–Trinajstić information content (AvgIpc) is 2.15. The van der Waals surface area contributed by atoms with Crippen LogP contribution in [0.15, 0.2) is 18.2 Å². The Bertz CT molecular complexity index is 294. The number of rotatable bonds is 1. The van der Waals surface area contributed by atoms with Gasteiger partial charge in [-0.05, 0) is 12.1 Å². The molecular weight excluding hydrogens is 250 g/mol. The zero-order valence-corrected chi connectivity index (χ0v) is 9.14. The number of carboxylic acid groups (broad SMARTS) is 1. The highest BCUT2D eigenvalue weighted by atomic mass is 35.5. The van der Waals surface area contributed by atoms with Crippen molar-refractivity contribution in [1.29, 1.82) is 0 Å². The molecule has 0 bridgehead atoms. The van der Waals surface area contributed by atoms with Crippen LogP contribution in [0, 0.1) is 0 Å². The lowest BCUT2D eigenvalue weighted by Crippen LogP contribution is -1.98. The summed E-state index contributed by atoms with van der Waals surface area (Å²) in [5.74, 6) is -1.19. The molecule has 0 fully saturated rings. The summed E-state index contributed by atoms with van der Waals surface area (Å²) in [4.78, 5) is 9.12. The van der Waals surface area contributed by atoms with E-state index in [0.29, 0.717) is 15.1 Å². The van der Waals surface area contributed by atoms with Crippen LogP contribution in [-0.2, 0) is 4.79 Å². The molecule has 0 amide bonds.